The first-order valence-corrected chi connectivity index (χ1v) is 14.3. The van der Waals surface area contributed by atoms with Crippen molar-refractivity contribution < 1.29 is 4.74 Å². The SMILES string of the molecule is c1ccc(N2c3cccc4c3B3c5c(cccc52)B2c5ccccc5N(c5ccccc5)c5ccc(c3c52)O4)cc1. The molecule has 5 heteroatoms. The Balaban J connectivity index is 1.34. The molecule has 0 spiro atoms. The summed E-state index contributed by atoms with van der Waals surface area (Å²) in [5.74, 6) is 1.93. The molecule has 6 aromatic rings. The van der Waals surface area contributed by atoms with Crippen LogP contribution in [0.2, 0.25) is 0 Å². The van der Waals surface area contributed by atoms with Crippen LogP contribution in [-0.2, 0) is 0 Å². The zero-order valence-corrected chi connectivity index (χ0v) is 22.2. The average Bonchev–Trinajstić information content (AvgIpc) is 3.04. The summed E-state index contributed by atoms with van der Waals surface area (Å²) in [4.78, 5) is 4.87. The van der Waals surface area contributed by atoms with Crippen LogP contribution in [0, 0.1) is 0 Å². The van der Waals surface area contributed by atoms with Crippen molar-refractivity contribution in [1.82, 2.24) is 0 Å². The van der Waals surface area contributed by atoms with Crippen LogP contribution in [0.5, 0.6) is 11.5 Å². The number of anilines is 6. The lowest BCUT2D eigenvalue weighted by Gasteiger charge is -2.47. The van der Waals surface area contributed by atoms with E-state index in [1.54, 1.807) is 0 Å². The number of benzene rings is 6. The predicted octanol–water partition coefficient (Wildman–Crippen LogP) is 4.70. The maximum absolute atomic E-state index is 6.79. The Morgan fingerprint density at radius 2 is 0.927 bits per heavy atom. The molecule has 3 nitrogen and oxygen atoms in total. The van der Waals surface area contributed by atoms with Crippen LogP contribution < -0.4 is 47.3 Å². The number of nitrogens with zero attached hydrogens (tertiary/aromatic N) is 2. The van der Waals surface area contributed by atoms with Crippen LogP contribution in [0.4, 0.5) is 34.1 Å². The van der Waals surface area contributed by atoms with E-state index in [4.69, 9.17) is 4.74 Å². The summed E-state index contributed by atoms with van der Waals surface area (Å²) in [6, 6.07) is 48.3. The van der Waals surface area contributed by atoms with E-state index in [1.807, 2.05) is 0 Å². The molecule has 6 aromatic carbocycles. The first-order chi connectivity index (χ1) is 20.4. The average molecular weight is 520 g/mol. The minimum absolute atomic E-state index is 0.116. The van der Waals surface area contributed by atoms with Crippen LogP contribution in [0.1, 0.15) is 0 Å². The van der Waals surface area contributed by atoms with Crippen molar-refractivity contribution in [3.63, 3.8) is 0 Å². The minimum atomic E-state index is 0.116. The topological polar surface area (TPSA) is 15.7 Å². The van der Waals surface area contributed by atoms with E-state index < -0.39 is 0 Å². The molecule has 0 N–H and O–H groups in total. The van der Waals surface area contributed by atoms with Crippen LogP contribution in [-0.4, -0.2) is 13.4 Å². The van der Waals surface area contributed by atoms with Gasteiger partial charge in [-0.3, -0.25) is 0 Å². The van der Waals surface area contributed by atoms with Gasteiger partial charge in [0.25, 0.3) is 6.71 Å². The van der Waals surface area contributed by atoms with Crippen LogP contribution in [0.25, 0.3) is 0 Å². The van der Waals surface area contributed by atoms with Crippen LogP contribution in [0.3, 0.4) is 0 Å². The lowest BCUT2D eigenvalue weighted by Crippen LogP contribution is -2.79. The van der Waals surface area contributed by atoms with Gasteiger partial charge in [0.05, 0.1) is 0 Å². The van der Waals surface area contributed by atoms with E-state index in [9.17, 15) is 0 Å². The van der Waals surface area contributed by atoms with Crippen molar-refractivity contribution in [3.05, 3.63) is 133 Å². The molecule has 0 fully saturated rings. The Hall–Kier alpha value is -5.15. The highest BCUT2D eigenvalue weighted by molar-refractivity contribution is 7.14. The smallest absolute Gasteiger partial charge is 0.255 e. The summed E-state index contributed by atoms with van der Waals surface area (Å²) < 4.78 is 6.79. The monoisotopic (exact) mass is 520 g/mol. The van der Waals surface area contributed by atoms with Gasteiger partial charge >= 0.3 is 0 Å². The lowest BCUT2D eigenvalue weighted by molar-refractivity contribution is 0.488. The lowest BCUT2D eigenvalue weighted by atomic mass is 9.19. The van der Waals surface area contributed by atoms with Gasteiger partial charge in [0.15, 0.2) is 0 Å². The van der Waals surface area contributed by atoms with Gasteiger partial charge in [0.2, 0.25) is 6.71 Å². The fourth-order valence-corrected chi connectivity index (χ4v) is 7.86. The second-order valence-corrected chi connectivity index (χ2v) is 11.2. The number of rotatable bonds is 2. The van der Waals surface area contributed by atoms with Gasteiger partial charge in [0.1, 0.15) is 11.5 Å². The molecule has 0 aliphatic carbocycles. The Labute approximate surface area is 239 Å². The molecule has 4 aliphatic rings. The highest BCUT2D eigenvalue weighted by Gasteiger charge is 2.52. The number of fused-ring (bicyclic) bond motifs is 3. The third-order valence-corrected chi connectivity index (χ3v) is 9.31. The van der Waals surface area contributed by atoms with E-state index in [1.165, 1.54) is 61.2 Å². The molecular weight excluding hydrogens is 498 g/mol. The van der Waals surface area contributed by atoms with E-state index >= 15 is 0 Å². The Morgan fingerprint density at radius 3 is 1.71 bits per heavy atom. The zero-order valence-electron chi connectivity index (χ0n) is 22.2. The highest BCUT2D eigenvalue weighted by Crippen LogP contribution is 2.43. The van der Waals surface area contributed by atoms with Crippen molar-refractivity contribution in [1.29, 1.82) is 0 Å². The van der Waals surface area contributed by atoms with E-state index in [0.29, 0.717) is 0 Å². The highest BCUT2D eigenvalue weighted by atomic mass is 16.5. The van der Waals surface area contributed by atoms with Crippen molar-refractivity contribution >= 4 is 80.3 Å². The van der Waals surface area contributed by atoms with Gasteiger partial charge in [-0.2, -0.15) is 0 Å². The van der Waals surface area contributed by atoms with Gasteiger partial charge in [-0.05, 0) is 88.0 Å². The van der Waals surface area contributed by atoms with Gasteiger partial charge < -0.3 is 14.5 Å². The van der Waals surface area contributed by atoms with Crippen molar-refractivity contribution in [3.8, 4) is 11.5 Å². The minimum Gasteiger partial charge on any atom is -0.458 e. The molecule has 0 aromatic heterocycles. The third-order valence-electron chi connectivity index (χ3n) is 9.31. The Kier molecular flexibility index (Phi) is 4.08. The zero-order chi connectivity index (χ0) is 26.7. The van der Waals surface area contributed by atoms with Gasteiger partial charge in [0, 0.05) is 34.1 Å². The van der Waals surface area contributed by atoms with Gasteiger partial charge in [-0.15, -0.1) is 0 Å². The van der Waals surface area contributed by atoms with Gasteiger partial charge in [-0.1, -0.05) is 78.3 Å². The number of hydrogen-bond acceptors (Lipinski definition) is 3. The fourth-order valence-electron chi connectivity index (χ4n) is 7.86. The molecule has 4 aliphatic heterocycles. The van der Waals surface area contributed by atoms with Crippen molar-refractivity contribution in [2.45, 2.75) is 0 Å². The van der Waals surface area contributed by atoms with E-state index in [0.717, 1.165) is 17.2 Å². The summed E-state index contributed by atoms with van der Waals surface area (Å²) in [7, 11) is 0. The number of hydrogen-bond donors (Lipinski definition) is 0. The summed E-state index contributed by atoms with van der Waals surface area (Å²) >= 11 is 0. The van der Waals surface area contributed by atoms with E-state index in [2.05, 4.69) is 143 Å². The summed E-state index contributed by atoms with van der Waals surface area (Å²) in [5.41, 5.74) is 15.3. The molecule has 10 rings (SSSR count). The van der Waals surface area contributed by atoms with Crippen LogP contribution >= 0.6 is 0 Å². The second-order valence-electron chi connectivity index (χ2n) is 11.2. The molecule has 41 heavy (non-hydrogen) atoms. The van der Waals surface area contributed by atoms with Crippen molar-refractivity contribution in [2.24, 2.45) is 0 Å². The molecule has 0 bridgehead atoms. The Morgan fingerprint density at radius 1 is 0.366 bits per heavy atom. The maximum atomic E-state index is 6.79. The summed E-state index contributed by atoms with van der Waals surface area (Å²) in [5, 5.41) is 0. The standard InChI is InChI=1S/C36H22B2N2O/c1-3-11-23(12-4-1)39-27-17-8-7-15-25(27)37-26-16-9-18-28-33(26)38-34-29(40(28)24-13-5-2-6-14-24)19-10-20-31(34)41-32-22-21-30(39)35(37)36(32)38/h1-22H. The summed E-state index contributed by atoms with van der Waals surface area (Å²) in [6.07, 6.45) is 0. The second kappa shape index (κ2) is 7.74. The number of para-hydroxylation sites is 3. The maximum Gasteiger partial charge on any atom is 0.255 e. The number of ether oxygens (including phenoxy) is 1. The molecule has 0 amide bonds. The van der Waals surface area contributed by atoms with E-state index in [-0.39, 0.29) is 13.4 Å². The molecule has 4 heterocycles. The molecular formula is C36H22B2N2O. The molecule has 0 saturated carbocycles. The largest absolute Gasteiger partial charge is 0.458 e. The van der Waals surface area contributed by atoms with Crippen molar-refractivity contribution in [2.75, 3.05) is 9.80 Å². The quantitative estimate of drug-likeness (QED) is 0.308. The van der Waals surface area contributed by atoms with Crippen LogP contribution in [0.15, 0.2) is 133 Å². The molecule has 0 atom stereocenters. The first kappa shape index (κ1) is 21.6. The summed E-state index contributed by atoms with van der Waals surface area (Å²) in [6.45, 7) is 0.237. The normalized spacial score (nSPS) is 14.3. The fraction of sp³-hybridized carbons (Fsp3) is 0. The molecule has 0 unspecified atom stereocenters. The molecule has 188 valence electrons. The first-order valence-electron chi connectivity index (χ1n) is 14.3. The Bertz CT molecular complexity index is 2060. The molecule has 0 saturated heterocycles. The van der Waals surface area contributed by atoms with Gasteiger partial charge in [-0.25, -0.2) is 0 Å². The molecule has 0 radical (unpaired) electrons. The third kappa shape index (κ3) is 2.66. The predicted molar refractivity (Wildman–Crippen MR) is 172 cm³/mol.